The second kappa shape index (κ2) is 5.70. The quantitative estimate of drug-likeness (QED) is 0.727. The molecule has 2 heterocycles. The Morgan fingerprint density at radius 3 is 2.58 bits per heavy atom. The van der Waals surface area contributed by atoms with Gasteiger partial charge in [-0.15, -0.1) is 0 Å². The molecule has 0 radical (unpaired) electrons. The Balaban J connectivity index is 1.92. The van der Waals surface area contributed by atoms with E-state index < -0.39 is 33.2 Å². The molecular weight excluding hydrogens is 427 g/mol. The molecular formula is C17H12BrFN2O4S. The molecule has 9 heteroatoms. The highest BCUT2D eigenvalue weighted by molar-refractivity contribution is 9.10. The molecule has 1 spiro atoms. The van der Waals surface area contributed by atoms with E-state index in [1.54, 1.807) is 18.2 Å². The number of fused-ring (bicyclic) bond motifs is 2. The number of nitrogens with zero attached hydrogens (tertiary/aromatic N) is 1. The number of hydrogen-bond acceptors (Lipinski definition) is 4. The van der Waals surface area contributed by atoms with Crippen LogP contribution in [0.15, 0.2) is 51.8 Å². The van der Waals surface area contributed by atoms with Crippen molar-refractivity contribution in [2.24, 2.45) is 0 Å². The number of halogens is 2. The minimum absolute atomic E-state index is 0.0395. The summed E-state index contributed by atoms with van der Waals surface area (Å²) in [7, 11) is -4.08. The van der Waals surface area contributed by atoms with Gasteiger partial charge in [0.25, 0.3) is 5.91 Å². The Morgan fingerprint density at radius 1 is 1.19 bits per heavy atom. The molecule has 1 unspecified atom stereocenters. The molecule has 1 saturated heterocycles. The smallest absolute Gasteiger partial charge is 0.253 e. The molecule has 4 rings (SSSR count). The molecule has 134 valence electrons. The fraction of sp³-hybridized carbons (Fsp3) is 0.176. The lowest BCUT2D eigenvalue weighted by Crippen LogP contribution is -2.48. The zero-order chi connectivity index (χ0) is 18.7. The van der Waals surface area contributed by atoms with E-state index in [-0.39, 0.29) is 29.0 Å². The molecule has 0 aliphatic carbocycles. The van der Waals surface area contributed by atoms with Gasteiger partial charge in [-0.2, -0.15) is 4.31 Å². The Labute approximate surface area is 157 Å². The molecule has 26 heavy (non-hydrogen) atoms. The number of sulfonamides is 1. The number of imide groups is 1. The minimum Gasteiger partial charge on any atom is -0.294 e. The van der Waals surface area contributed by atoms with E-state index in [4.69, 9.17) is 0 Å². The average molecular weight is 439 g/mol. The van der Waals surface area contributed by atoms with Crippen LogP contribution in [-0.4, -0.2) is 24.5 Å². The fourth-order valence-corrected chi connectivity index (χ4v) is 5.82. The summed E-state index contributed by atoms with van der Waals surface area (Å²) in [4.78, 5) is 24.5. The Morgan fingerprint density at radius 2 is 1.92 bits per heavy atom. The van der Waals surface area contributed by atoms with Crippen LogP contribution in [-0.2, 0) is 31.7 Å². The predicted octanol–water partition coefficient (Wildman–Crippen LogP) is 2.03. The summed E-state index contributed by atoms with van der Waals surface area (Å²) in [5.41, 5.74) is -1.34. The maximum Gasteiger partial charge on any atom is 0.253 e. The van der Waals surface area contributed by atoms with Crippen molar-refractivity contribution in [2.45, 2.75) is 23.4 Å². The van der Waals surface area contributed by atoms with Crippen molar-refractivity contribution in [3.63, 3.8) is 0 Å². The second-order valence-corrected chi connectivity index (χ2v) is 8.90. The van der Waals surface area contributed by atoms with Gasteiger partial charge < -0.3 is 0 Å². The number of benzene rings is 2. The van der Waals surface area contributed by atoms with Gasteiger partial charge in [-0.25, -0.2) is 12.8 Å². The van der Waals surface area contributed by atoms with Crippen LogP contribution in [0.3, 0.4) is 0 Å². The van der Waals surface area contributed by atoms with Crippen molar-refractivity contribution in [1.29, 1.82) is 0 Å². The minimum atomic E-state index is -4.08. The average Bonchev–Trinajstić information content (AvgIpc) is 2.97. The normalized spacial score (nSPS) is 24.1. The van der Waals surface area contributed by atoms with Gasteiger partial charge in [-0.05, 0) is 18.2 Å². The van der Waals surface area contributed by atoms with Crippen molar-refractivity contribution in [3.05, 3.63) is 63.9 Å². The van der Waals surface area contributed by atoms with Gasteiger partial charge in [-0.3, -0.25) is 14.9 Å². The number of rotatable bonds is 2. The lowest BCUT2D eigenvalue weighted by molar-refractivity contribution is -0.128. The molecule has 0 bridgehead atoms. The molecule has 2 aromatic rings. The maximum atomic E-state index is 14.3. The zero-order valence-electron chi connectivity index (χ0n) is 13.2. The van der Waals surface area contributed by atoms with Crippen molar-refractivity contribution in [1.82, 2.24) is 9.62 Å². The van der Waals surface area contributed by atoms with Crippen molar-refractivity contribution < 1.29 is 22.4 Å². The summed E-state index contributed by atoms with van der Waals surface area (Å²) in [5.74, 6) is -1.89. The molecule has 2 aliphatic heterocycles. The van der Waals surface area contributed by atoms with Gasteiger partial charge >= 0.3 is 0 Å². The molecule has 1 fully saturated rings. The molecule has 0 saturated carbocycles. The molecule has 1 atom stereocenters. The van der Waals surface area contributed by atoms with E-state index in [1.807, 2.05) is 0 Å². The van der Waals surface area contributed by atoms with Crippen LogP contribution in [0, 0.1) is 5.82 Å². The predicted molar refractivity (Wildman–Crippen MR) is 92.7 cm³/mol. The van der Waals surface area contributed by atoms with Crippen LogP contribution in [0.1, 0.15) is 17.5 Å². The van der Waals surface area contributed by atoms with Crippen LogP contribution < -0.4 is 5.32 Å². The summed E-state index contributed by atoms with van der Waals surface area (Å²) in [6, 6.07) is 10.3. The number of nitrogens with one attached hydrogen (secondary N) is 1. The van der Waals surface area contributed by atoms with E-state index in [9.17, 15) is 22.4 Å². The van der Waals surface area contributed by atoms with E-state index in [1.165, 1.54) is 24.3 Å². The van der Waals surface area contributed by atoms with Crippen molar-refractivity contribution >= 4 is 37.8 Å². The third kappa shape index (κ3) is 2.27. The van der Waals surface area contributed by atoms with Gasteiger partial charge in [0.2, 0.25) is 15.9 Å². The van der Waals surface area contributed by atoms with Crippen molar-refractivity contribution in [3.8, 4) is 0 Å². The number of carbonyl (C=O) groups excluding carboxylic acids is 2. The van der Waals surface area contributed by atoms with E-state index in [0.29, 0.717) is 4.47 Å². The van der Waals surface area contributed by atoms with Gasteiger partial charge in [0.1, 0.15) is 5.82 Å². The molecule has 0 aromatic heterocycles. The number of amides is 2. The number of carbonyl (C=O) groups is 2. The highest BCUT2D eigenvalue weighted by Gasteiger charge is 2.62. The maximum absolute atomic E-state index is 14.3. The van der Waals surface area contributed by atoms with Crippen LogP contribution in [0.5, 0.6) is 0 Å². The number of hydrogen-bond donors (Lipinski definition) is 1. The van der Waals surface area contributed by atoms with Crippen LogP contribution in [0.4, 0.5) is 4.39 Å². The third-order valence-electron chi connectivity index (χ3n) is 4.70. The Bertz CT molecular complexity index is 1070. The lowest BCUT2D eigenvalue weighted by atomic mass is 9.87. The summed E-state index contributed by atoms with van der Waals surface area (Å²) in [6.45, 7) is -0.364. The zero-order valence-corrected chi connectivity index (χ0v) is 15.6. The molecule has 6 nitrogen and oxygen atoms in total. The standard InChI is InChI=1S/C17H12BrFN2O4S/c18-11-6-5-10(13(19)7-11)9-21-17(8-15(22)20-16(17)23)12-3-1-2-4-14(12)26(21,24)25/h1-7H,8-9H2,(H,20,22,23). The third-order valence-corrected chi connectivity index (χ3v) is 7.13. The van der Waals surface area contributed by atoms with Crippen molar-refractivity contribution in [2.75, 3.05) is 0 Å². The van der Waals surface area contributed by atoms with Crippen LogP contribution in [0.25, 0.3) is 0 Å². The van der Waals surface area contributed by atoms with E-state index >= 15 is 0 Å². The topological polar surface area (TPSA) is 83.5 Å². The van der Waals surface area contributed by atoms with E-state index in [0.717, 1.165) is 4.31 Å². The lowest BCUT2D eigenvalue weighted by Gasteiger charge is -2.30. The molecule has 1 N–H and O–H groups in total. The Kier molecular flexibility index (Phi) is 3.80. The van der Waals surface area contributed by atoms with E-state index in [2.05, 4.69) is 21.2 Å². The molecule has 2 aliphatic rings. The first-order valence-corrected chi connectivity index (χ1v) is 9.91. The largest absolute Gasteiger partial charge is 0.294 e. The molecule has 2 amide bonds. The van der Waals surface area contributed by atoms with Gasteiger partial charge in [-0.1, -0.05) is 40.2 Å². The second-order valence-electron chi connectivity index (χ2n) is 6.16. The summed E-state index contributed by atoms with van der Waals surface area (Å²) >= 11 is 3.15. The Hall–Kier alpha value is -2.10. The summed E-state index contributed by atoms with van der Waals surface area (Å²) in [6.07, 6.45) is -0.333. The van der Waals surface area contributed by atoms with Crippen LogP contribution >= 0.6 is 15.9 Å². The highest BCUT2D eigenvalue weighted by Crippen LogP contribution is 2.49. The van der Waals surface area contributed by atoms with Crippen LogP contribution in [0.2, 0.25) is 0 Å². The first-order chi connectivity index (χ1) is 12.3. The van der Waals surface area contributed by atoms with Gasteiger partial charge in [0, 0.05) is 22.1 Å². The first-order valence-electron chi connectivity index (χ1n) is 7.67. The fourth-order valence-electron chi connectivity index (χ4n) is 3.52. The highest BCUT2D eigenvalue weighted by atomic mass is 79.9. The summed E-state index contributed by atoms with van der Waals surface area (Å²) in [5, 5.41) is 2.18. The summed E-state index contributed by atoms with van der Waals surface area (Å²) < 4.78 is 41.9. The first kappa shape index (κ1) is 17.3. The van der Waals surface area contributed by atoms with Gasteiger partial charge in [0.05, 0.1) is 11.3 Å². The molecule has 2 aromatic carbocycles. The monoisotopic (exact) mass is 438 g/mol. The SMILES string of the molecule is O=C1CC2(C(=O)N1)c1ccccc1S(=O)(=O)N2Cc1ccc(Br)cc1F. The van der Waals surface area contributed by atoms with Gasteiger partial charge in [0.15, 0.2) is 5.54 Å².